The number of nitrogens with one attached hydrogen (secondary N) is 1. The van der Waals surface area contributed by atoms with E-state index >= 15 is 0 Å². The summed E-state index contributed by atoms with van der Waals surface area (Å²) in [4.78, 5) is 3.52. The van der Waals surface area contributed by atoms with E-state index in [0.717, 1.165) is 12.0 Å². The Morgan fingerprint density at radius 1 is 1.21 bits per heavy atom. The fraction of sp³-hybridized carbons (Fsp3) is 0.269. The molecule has 0 saturated carbocycles. The largest absolute Gasteiger partial charge is 0.361 e. The molecule has 3 N–H and O–H groups in total. The fourth-order valence-electron chi connectivity index (χ4n) is 3.40. The van der Waals surface area contributed by atoms with Gasteiger partial charge in [-0.05, 0) is 57.0 Å². The maximum atomic E-state index is 6.04. The molecule has 0 spiro atoms. The van der Waals surface area contributed by atoms with Crippen LogP contribution in [-0.4, -0.2) is 11.0 Å². The second-order valence-corrected chi connectivity index (χ2v) is 7.74. The summed E-state index contributed by atoms with van der Waals surface area (Å²) in [6.45, 7) is 8.52. The molecule has 1 aliphatic rings. The zero-order chi connectivity index (χ0) is 20.1. The van der Waals surface area contributed by atoms with Gasteiger partial charge in [-0.25, -0.2) is 0 Å². The molecule has 1 aromatic heterocycles. The third-order valence-electron chi connectivity index (χ3n) is 4.79. The van der Waals surface area contributed by atoms with E-state index in [1.54, 1.807) is 6.08 Å². The zero-order valence-corrected chi connectivity index (χ0v) is 17.1. The van der Waals surface area contributed by atoms with Crippen molar-refractivity contribution in [1.29, 1.82) is 0 Å². The molecule has 2 aromatic rings. The Labute approximate surface area is 167 Å². The maximum absolute atomic E-state index is 6.04. The molecule has 1 aromatic carbocycles. The molecule has 0 amide bonds. The zero-order valence-electron chi connectivity index (χ0n) is 17.1. The molecule has 28 heavy (non-hydrogen) atoms. The monoisotopic (exact) mass is 368 g/mol. The molecule has 2 unspecified atom stereocenters. The summed E-state index contributed by atoms with van der Waals surface area (Å²) in [7, 11) is 0. The number of aromatic nitrogens is 1. The topological polar surface area (TPSA) is 41.8 Å². The average molecular weight is 369 g/mol. The molecule has 1 aliphatic carbocycles. The normalized spacial score (nSPS) is 16.5. The molecule has 0 radical (unpaired) electrons. The second kappa shape index (κ2) is 8.81. The molecule has 0 aliphatic heterocycles. The standard InChI is InChI=1S/C26H28N2/c1-18(2)12-13-21-9-7-11-23-25(17-28-26(21)23)24(16-19(3)4)20-8-5-6-10-22(27)15-14-20/h7,9-12,14-17,22,24,28H,13,27H2,1-4H3. The van der Waals surface area contributed by atoms with E-state index < -0.39 is 0 Å². The van der Waals surface area contributed by atoms with Crippen LogP contribution in [0.15, 0.2) is 88.7 Å². The molecule has 142 valence electrons. The fourth-order valence-corrected chi connectivity index (χ4v) is 3.40. The molecular weight excluding hydrogens is 340 g/mol. The highest BCUT2D eigenvalue weighted by molar-refractivity contribution is 5.87. The number of rotatable bonds is 5. The Balaban J connectivity index is 2.16. The molecule has 2 heteroatoms. The molecule has 0 saturated heterocycles. The van der Waals surface area contributed by atoms with Gasteiger partial charge in [-0.1, -0.05) is 65.1 Å². The van der Waals surface area contributed by atoms with Crippen LogP contribution < -0.4 is 5.73 Å². The van der Waals surface area contributed by atoms with Gasteiger partial charge in [0, 0.05) is 34.6 Å². The Morgan fingerprint density at radius 2 is 2.04 bits per heavy atom. The Hall–Kier alpha value is -2.98. The number of para-hydroxylation sites is 1. The number of hydrogen-bond donors (Lipinski definition) is 2. The van der Waals surface area contributed by atoms with Crippen LogP contribution in [0.2, 0.25) is 0 Å². The van der Waals surface area contributed by atoms with Gasteiger partial charge in [-0.2, -0.15) is 0 Å². The van der Waals surface area contributed by atoms with Crippen LogP contribution in [0.3, 0.4) is 0 Å². The van der Waals surface area contributed by atoms with E-state index in [-0.39, 0.29) is 12.0 Å². The first kappa shape index (κ1) is 19.8. The van der Waals surface area contributed by atoms with Gasteiger partial charge in [0.05, 0.1) is 0 Å². The second-order valence-electron chi connectivity index (χ2n) is 7.74. The summed E-state index contributed by atoms with van der Waals surface area (Å²) in [5, 5.41) is 1.25. The lowest BCUT2D eigenvalue weighted by molar-refractivity contribution is 0.994. The number of H-pyrrole nitrogens is 1. The van der Waals surface area contributed by atoms with Crippen LogP contribution in [0.5, 0.6) is 0 Å². The van der Waals surface area contributed by atoms with E-state index in [4.69, 9.17) is 5.73 Å². The summed E-state index contributed by atoms with van der Waals surface area (Å²) in [6, 6.07) is 6.37. The van der Waals surface area contributed by atoms with Crippen molar-refractivity contribution in [3.05, 3.63) is 99.8 Å². The summed E-state index contributed by atoms with van der Waals surface area (Å²) >= 11 is 0. The molecule has 1 heterocycles. The van der Waals surface area contributed by atoms with Gasteiger partial charge in [0.2, 0.25) is 0 Å². The van der Waals surface area contributed by atoms with Gasteiger partial charge < -0.3 is 10.7 Å². The summed E-state index contributed by atoms with van der Waals surface area (Å²) in [6.07, 6.45) is 13.4. The summed E-state index contributed by atoms with van der Waals surface area (Å²) in [5.74, 6) is 0.0771. The van der Waals surface area contributed by atoms with Crippen LogP contribution in [0.25, 0.3) is 10.9 Å². The minimum absolute atomic E-state index is 0.0771. The summed E-state index contributed by atoms with van der Waals surface area (Å²) in [5.41, 5.74) is 22.7. The van der Waals surface area contributed by atoms with Gasteiger partial charge in [-0.3, -0.25) is 0 Å². The molecule has 2 atom stereocenters. The first-order valence-corrected chi connectivity index (χ1v) is 9.73. The first-order valence-electron chi connectivity index (χ1n) is 9.73. The van der Waals surface area contributed by atoms with Crippen molar-refractivity contribution in [2.24, 2.45) is 5.73 Å². The number of nitrogens with two attached hydrogens (primary N) is 1. The molecule has 3 rings (SSSR count). The minimum atomic E-state index is -0.157. The number of hydrogen-bond acceptors (Lipinski definition) is 1. The van der Waals surface area contributed by atoms with Crippen molar-refractivity contribution < 1.29 is 0 Å². The highest BCUT2D eigenvalue weighted by atomic mass is 14.7. The van der Waals surface area contributed by atoms with E-state index in [0.29, 0.717) is 0 Å². The highest BCUT2D eigenvalue weighted by Gasteiger charge is 2.18. The van der Waals surface area contributed by atoms with Crippen LogP contribution >= 0.6 is 0 Å². The third kappa shape index (κ3) is 4.65. The maximum Gasteiger partial charge on any atom is 0.0495 e. The van der Waals surface area contributed by atoms with Crippen molar-refractivity contribution in [3.8, 4) is 0 Å². The predicted octanol–water partition coefficient (Wildman–Crippen LogP) is 6.02. The number of benzene rings is 1. The molecular formula is C26H28N2. The van der Waals surface area contributed by atoms with E-state index in [2.05, 4.69) is 92.5 Å². The van der Waals surface area contributed by atoms with Crippen molar-refractivity contribution in [2.45, 2.75) is 46.1 Å². The lowest BCUT2D eigenvalue weighted by Crippen LogP contribution is -2.13. The Bertz CT molecular complexity index is 1090. The predicted molar refractivity (Wildman–Crippen MR) is 119 cm³/mol. The van der Waals surface area contributed by atoms with Gasteiger partial charge in [0.1, 0.15) is 0 Å². The number of aromatic amines is 1. The Kier molecular flexibility index (Phi) is 6.22. The van der Waals surface area contributed by atoms with Gasteiger partial charge in [-0.15, -0.1) is 0 Å². The third-order valence-corrected chi connectivity index (χ3v) is 4.79. The van der Waals surface area contributed by atoms with Crippen molar-refractivity contribution >= 4 is 10.9 Å². The van der Waals surface area contributed by atoms with Crippen LogP contribution in [0, 0.1) is 0 Å². The minimum Gasteiger partial charge on any atom is -0.361 e. The average Bonchev–Trinajstić information content (AvgIpc) is 3.06. The van der Waals surface area contributed by atoms with Gasteiger partial charge >= 0.3 is 0 Å². The van der Waals surface area contributed by atoms with Crippen molar-refractivity contribution in [3.63, 3.8) is 0 Å². The van der Waals surface area contributed by atoms with E-state index in [9.17, 15) is 0 Å². The van der Waals surface area contributed by atoms with Crippen LogP contribution in [-0.2, 0) is 6.42 Å². The van der Waals surface area contributed by atoms with Gasteiger partial charge in [0.25, 0.3) is 0 Å². The number of allylic oxidation sites excluding steroid dienone is 6. The van der Waals surface area contributed by atoms with Crippen LogP contribution in [0.1, 0.15) is 44.7 Å². The van der Waals surface area contributed by atoms with Crippen molar-refractivity contribution in [1.82, 2.24) is 4.98 Å². The van der Waals surface area contributed by atoms with Crippen LogP contribution in [0.4, 0.5) is 0 Å². The molecule has 0 fully saturated rings. The molecule has 0 bridgehead atoms. The first-order chi connectivity index (χ1) is 13.5. The SMILES string of the molecule is CC(C)=CCc1cccc2c(C(C=C(C)C)C3=C=C=C=CC(N)C=C3)c[nH]c12. The Morgan fingerprint density at radius 3 is 2.79 bits per heavy atom. The molecule has 2 nitrogen and oxygen atoms in total. The van der Waals surface area contributed by atoms with Crippen molar-refractivity contribution in [2.75, 3.05) is 0 Å². The lowest BCUT2D eigenvalue weighted by Gasteiger charge is -2.14. The quantitative estimate of drug-likeness (QED) is 0.492. The highest BCUT2D eigenvalue weighted by Crippen LogP contribution is 2.34. The smallest absolute Gasteiger partial charge is 0.0495 e. The lowest BCUT2D eigenvalue weighted by atomic mass is 9.88. The number of fused-ring (bicyclic) bond motifs is 1. The van der Waals surface area contributed by atoms with E-state index in [1.165, 1.54) is 33.2 Å². The van der Waals surface area contributed by atoms with E-state index in [1.807, 2.05) is 6.08 Å². The summed E-state index contributed by atoms with van der Waals surface area (Å²) < 4.78 is 0. The van der Waals surface area contributed by atoms with Gasteiger partial charge in [0.15, 0.2) is 0 Å².